The molecule has 3 aromatic heterocycles. The highest BCUT2D eigenvalue weighted by Crippen LogP contribution is 2.47. The van der Waals surface area contributed by atoms with Crippen LogP contribution in [0.15, 0.2) is 48.8 Å². The van der Waals surface area contributed by atoms with E-state index in [9.17, 15) is 9.59 Å². The van der Waals surface area contributed by atoms with Crippen LogP contribution < -0.4 is 20.7 Å². The Bertz CT molecular complexity index is 1320. The first-order valence-electron chi connectivity index (χ1n) is 8.91. The van der Waals surface area contributed by atoms with Crippen molar-refractivity contribution in [3.05, 3.63) is 59.2 Å². The van der Waals surface area contributed by atoms with Gasteiger partial charge in [0.1, 0.15) is 15.5 Å². The van der Waals surface area contributed by atoms with E-state index in [0.29, 0.717) is 38.9 Å². The smallest absolute Gasteiger partial charge is 0.331 e. The van der Waals surface area contributed by atoms with Gasteiger partial charge in [-0.2, -0.15) is 5.10 Å². The van der Waals surface area contributed by atoms with Gasteiger partial charge in [0.05, 0.1) is 22.4 Å². The van der Waals surface area contributed by atoms with E-state index in [1.807, 2.05) is 6.92 Å². The van der Waals surface area contributed by atoms with Crippen molar-refractivity contribution >= 4 is 50.6 Å². The van der Waals surface area contributed by atoms with E-state index in [-0.39, 0.29) is 10.9 Å². The van der Waals surface area contributed by atoms with Crippen molar-refractivity contribution in [2.45, 2.75) is 6.92 Å². The topological polar surface area (TPSA) is 123 Å². The van der Waals surface area contributed by atoms with Crippen LogP contribution in [0.5, 0.6) is 11.6 Å². The summed E-state index contributed by atoms with van der Waals surface area (Å²) in [4.78, 5) is 31.8. The summed E-state index contributed by atoms with van der Waals surface area (Å²) in [5.74, 6) is 0.289. The third-order valence-corrected chi connectivity index (χ3v) is 5.74. The van der Waals surface area contributed by atoms with Gasteiger partial charge in [-0.25, -0.2) is 9.78 Å². The Hall–Kier alpha value is -4.05. The van der Waals surface area contributed by atoms with Gasteiger partial charge in [0, 0.05) is 18.5 Å². The molecule has 148 valence electrons. The number of nitrogens with two attached hydrogens (primary N) is 1. The van der Waals surface area contributed by atoms with E-state index in [1.54, 1.807) is 48.8 Å². The maximum Gasteiger partial charge on any atom is 0.331 e. The second kappa shape index (κ2) is 6.78. The van der Waals surface area contributed by atoms with Crippen LogP contribution in [-0.4, -0.2) is 27.1 Å². The van der Waals surface area contributed by atoms with Crippen molar-refractivity contribution in [3.8, 4) is 11.6 Å². The molecule has 0 fully saturated rings. The quantitative estimate of drug-likeness (QED) is 0.517. The molecule has 1 aliphatic rings. The number of primary amides is 1. The van der Waals surface area contributed by atoms with E-state index in [1.165, 1.54) is 4.90 Å². The number of rotatable bonds is 4. The summed E-state index contributed by atoms with van der Waals surface area (Å²) in [5.41, 5.74) is 8.01. The molecular weight excluding hydrogens is 404 g/mol. The molecule has 4 heterocycles. The zero-order valence-electron chi connectivity index (χ0n) is 15.6. The van der Waals surface area contributed by atoms with Gasteiger partial charge in [-0.3, -0.25) is 9.69 Å². The lowest BCUT2D eigenvalue weighted by Gasteiger charge is -2.29. The van der Waals surface area contributed by atoms with E-state index in [0.717, 1.165) is 16.9 Å². The number of ether oxygens (including phenoxy) is 1. The minimum atomic E-state index is -0.612. The molecule has 0 radical (unpaired) electrons. The second-order valence-electron chi connectivity index (χ2n) is 6.56. The number of aromatic nitrogens is 3. The molecule has 0 unspecified atom stereocenters. The molecule has 9 nitrogen and oxygen atoms in total. The number of urea groups is 1. The third kappa shape index (κ3) is 2.81. The van der Waals surface area contributed by atoms with Crippen molar-refractivity contribution in [3.63, 3.8) is 0 Å². The summed E-state index contributed by atoms with van der Waals surface area (Å²) in [6.45, 7) is 1.85. The third-order valence-electron chi connectivity index (χ3n) is 4.64. The summed E-state index contributed by atoms with van der Waals surface area (Å²) < 4.78 is 5.71. The van der Waals surface area contributed by atoms with Crippen LogP contribution in [0.25, 0.3) is 10.2 Å². The van der Waals surface area contributed by atoms with Crippen LogP contribution in [0.3, 0.4) is 0 Å². The average Bonchev–Trinajstić information content (AvgIpc) is 3.11. The van der Waals surface area contributed by atoms with Gasteiger partial charge in [-0.15, -0.1) is 16.4 Å². The van der Waals surface area contributed by atoms with E-state index >= 15 is 0 Å². The number of aryl methyl sites for hydroxylation is 1. The predicted molar refractivity (Wildman–Crippen MR) is 113 cm³/mol. The lowest BCUT2D eigenvalue weighted by Crippen LogP contribution is -2.35. The lowest BCUT2D eigenvalue weighted by molar-refractivity contribution is 0.100. The Labute approximate surface area is 174 Å². The van der Waals surface area contributed by atoms with Gasteiger partial charge in [0.2, 0.25) is 5.88 Å². The van der Waals surface area contributed by atoms with Gasteiger partial charge in [0.25, 0.3) is 5.91 Å². The minimum Gasteiger partial charge on any atom is -0.438 e. The zero-order valence-corrected chi connectivity index (χ0v) is 16.4. The number of carbonyl (C=O) groups is 2. The summed E-state index contributed by atoms with van der Waals surface area (Å²) in [7, 11) is 0. The van der Waals surface area contributed by atoms with Crippen molar-refractivity contribution in [1.29, 1.82) is 0 Å². The number of benzene rings is 1. The zero-order chi connectivity index (χ0) is 20.8. The fourth-order valence-corrected chi connectivity index (χ4v) is 4.41. The van der Waals surface area contributed by atoms with Gasteiger partial charge in [-0.05, 0) is 42.8 Å². The van der Waals surface area contributed by atoms with Crippen molar-refractivity contribution in [1.82, 2.24) is 15.2 Å². The molecule has 5 rings (SSSR count). The van der Waals surface area contributed by atoms with Crippen molar-refractivity contribution in [2.24, 2.45) is 5.73 Å². The number of hydrogen-bond acceptors (Lipinski definition) is 7. The minimum absolute atomic E-state index is 0.277. The number of nitrogens with zero attached hydrogens (tertiary/aromatic N) is 4. The largest absolute Gasteiger partial charge is 0.438 e. The van der Waals surface area contributed by atoms with E-state index in [4.69, 9.17) is 10.5 Å². The Morgan fingerprint density at radius 3 is 2.83 bits per heavy atom. The van der Waals surface area contributed by atoms with Gasteiger partial charge < -0.3 is 15.8 Å². The number of thiophene rings is 1. The monoisotopic (exact) mass is 418 g/mol. The Morgan fingerprint density at radius 2 is 2.10 bits per heavy atom. The van der Waals surface area contributed by atoms with Crippen LogP contribution >= 0.6 is 11.3 Å². The molecule has 0 bridgehead atoms. The molecule has 3 N–H and O–H groups in total. The average molecular weight is 418 g/mol. The number of pyridine rings is 1. The highest BCUT2D eigenvalue weighted by atomic mass is 32.1. The van der Waals surface area contributed by atoms with Crippen molar-refractivity contribution < 1.29 is 14.3 Å². The fourth-order valence-electron chi connectivity index (χ4n) is 3.40. The van der Waals surface area contributed by atoms with Crippen LogP contribution in [0.4, 0.5) is 21.9 Å². The number of anilines is 3. The Morgan fingerprint density at radius 1 is 1.23 bits per heavy atom. The SMILES string of the molecule is Cc1cc(Oc2cccnn2)ccc1N1C(=O)Nc2ccnc3sc(C(N)=O)c1c23. The van der Waals surface area contributed by atoms with Gasteiger partial charge >= 0.3 is 6.03 Å². The lowest BCUT2D eigenvalue weighted by atomic mass is 10.1. The number of amides is 3. The molecule has 0 saturated carbocycles. The second-order valence-corrected chi connectivity index (χ2v) is 7.56. The van der Waals surface area contributed by atoms with Gasteiger partial charge in [0.15, 0.2) is 0 Å². The molecule has 0 spiro atoms. The fraction of sp³-hybridized carbons (Fsp3) is 0.0500. The van der Waals surface area contributed by atoms with Crippen molar-refractivity contribution in [2.75, 3.05) is 10.2 Å². The first kappa shape index (κ1) is 18.0. The van der Waals surface area contributed by atoms with Gasteiger partial charge in [-0.1, -0.05) is 0 Å². The molecule has 0 atom stereocenters. The normalized spacial score (nSPS) is 12.7. The number of nitrogens with one attached hydrogen (secondary N) is 1. The predicted octanol–water partition coefficient (Wildman–Crippen LogP) is 3.97. The van der Waals surface area contributed by atoms with Crippen LogP contribution in [-0.2, 0) is 0 Å². The molecular formula is C20H14N6O3S. The molecule has 3 amide bonds. The van der Waals surface area contributed by atoms with E-state index in [2.05, 4.69) is 20.5 Å². The molecule has 0 aliphatic carbocycles. The number of carbonyl (C=O) groups excluding carboxylic acids is 2. The molecule has 1 aliphatic heterocycles. The summed E-state index contributed by atoms with van der Waals surface area (Å²) >= 11 is 1.16. The Balaban J connectivity index is 1.62. The highest BCUT2D eigenvalue weighted by Gasteiger charge is 2.34. The standard InChI is InChI=1S/C20H14N6O3S/c1-10-9-11(29-14-3-2-7-23-25-14)4-5-13(10)26-16-15-12(24-20(26)28)6-8-22-19(15)30-17(16)18(21)27/h2-9H,1H3,(H2,21,27)(H,24,28). The Kier molecular flexibility index (Phi) is 4.07. The summed E-state index contributed by atoms with van der Waals surface area (Å²) in [6, 6.07) is 9.97. The summed E-state index contributed by atoms with van der Waals surface area (Å²) in [5, 5.41) is 11.2. The molecule has 1 aromatic carbocycles. The maximum absolute atomic E-state index is 13.0. The molecule has 4 aromatic rings. The molecule has 0 saturated heterocycles. The van der Waals surface area contributed by atoms with Crippen LogP contribution in [0, 0.1) is 6.92 Å². The van der Waals surface area contributed by atoms with Crippen LogP contribution in [0.2, 0.25) is 0 Å². The summed E-state index contributed by atoms with van der Waals surface area (Å²) in [6.07, 6.45) is 3.14. The first-order chi connectivity index (χ1) is 14.5. The molecule has 10 heteroatoms. The maximum atomic E-state index is 13.0. The highest BCUT2D eigenvalue weighted by molar-refractivity contribution is 7.21. The number of hydrogen-bond donors (Lipinski definition) is 2. The van der Waals surface area contributed by atoms with E-state index < -0.39 is 5.91 Å². The van der Waals surface area contributed by atoms with Crippen LogP contribution in [0.1, 0.15) is 15.2 Å². The first-order valence-corrected chi connectivity index (χ1v) is 9.73. The molecule has 30 heavy (non-hydrogen) atoms.